The van der Waals surface area contributed by atoms with E-state index >= 15 is 0 Å². The lowest BCUT2D eigenvalue weighted by Crippen LogP contribution is -2.23. The van der Waals surface area contributed by atoms with Gasteiger partial charge in [-0.3, -0.25) is 4.57 Å². The standard InChI is InChI=1S/C20H27N7S2/c1-3-8-26-18(21-24-25-26)12-29-20-23-22-19(17-5-4-9-28-17)27(20)13(2)16-11-14-6-7-15(16)10-14/h4-5,9,13-16H,3,6-8,10-12H2,1-2H3. The van der Waals surface area contributed by atoms with Gasteiger partial charge in [0, 0.05) is 12.6 Å². The van der Waals surface area contributed by atoms with Crippen molar-refractivity contribution in [1.82, 2.24) is 35.0 Å². The summed E-state index contributed by atoms with van der Waals surface area (Å²) in [6, 6.07) is 4.65. The minimum atomic E-state index is 0.409. The monoisotopic (exact) mass is 429 g/mol. The molecule has 2 fully saturated rings. The van der Waals surface area contributed by atoms with Crippen LogP contribution in [0.3, 0.4) is 0 Å². The predicted octanol–water partition coefficient (Wildman–Crippen LogP) is 4.69. The van der Waals surface area contributed by atoms with E-state index in [9.17, 15) is 0 Å². The lowest BCUT2D eigenvalue weighted by Gasteiger charge is -2.30. The van der Waals surface area contributed by atoms with Gasteiger partial charge in [-0.05, 0) is 72.2 Å². The molecular weight excluding hydrogens is 402 g/mol. The van der Waals surface area contributed by atoms with Crippen LogP contribution in [-0.4, -0.2) is 35.0 Å². The van der Waals surface area contributed by atoms with Crippen LogP contribution >= 0.6 is 23.1 Å². The zero-order valence-corrected chi connectivity index (χ0v) is 18.6. The van der Waals surface area contributed by atoms with Crippen LogP contribution in [-0.2, 0) is 12.3 Å². The molecule has 0 aromatic carbocycles. The number of hydrogen-bond acceptors (Lipinski definition) is 7. The van der Waals surface area contributed by atoms with Crippen LogP contribution in [0.4, 0.5) is 0 Å². The molecule has 154 valence electrons. The molecule has 0 aliphatic heterocycles. The van der Waals surface area contributed by atoms with Gasteiger partial charge in [-0.15, -0.1) is 26.6 Å². The largest absolute Gasteiger partial charge is 0.298 e. The van der Waals surface area contributed by atoms with E-state index in [1.165, 1.54) is 30.6 Å². The molecular formula is C20H27N7S2. The zero-order valence-electron chi connectivity index (χ0n) is 16.9. The number of fused-ring (bicyclic) bond motifs is 2. The predicted molar refractivity (Wildman–Crippen MR) is 115 cm³/mol. The van der Waals surface area contributed by atoms with Gasteiger partial charge in [0.15, 0.2) is 16.8 Å². The van der Waals surface area contributed by atoms with Crippen molar-refractivity contribution < 1.29 is 0 Å². The average Bonchev–Trinajstić information content (AvgIpc) is 3.54. The second-order valence-electron chi connectivity index (χ2n) is 8.34. The van der Waals surface area contributed by atoms with Crippen molar-refractivity contribution >= 4 is 23.1 Å². The maximum Gasteiger partial charge on any atom is 0.192 e. The highest BCUT2D eigenvalue weighted by molar-refractivity contribution is 7.98. The van der Waals surface area contributed by atoms with Crippen molar-refractivity contribution in [2.45, 2.75) is 69.4 Å². The van der Waals surface area contributed by atoms with E-state index in [4.69, 9.17) is 0 Å². The molecule has 7 nitrogen and oxygen atoms in total. The average molecular weight is 430 g/mol. The summed E-state index contributed by atoms with van der Waals surface area (Å²) in [6.45, 7) is 5.36. The molecule has 4 unspecified atom stereocenters. The fourth-order valence-electron chi connectivity index (χ4n) is 5.23. The Kier molecular flexibility index (Phi) is 5.43. The van der Waals surface area contributed by atoms with Crippen LogP contribution < -0.4 is 0 Å². The number of rotatable bonds is 8. The molecule has 0 N–H and O–H groups in total. The molecule has 4 atom stereocenters. The van der Waals surface area contributed by atoms with Gasteiger partial charge in [0.05, 0.1) is 10.6 Å². The van der Waals surface area contributed by atoms with Crippen molar-refractivity contribution in [3.8, 4) is 10.7 Å². The van der Waals surface area contributed by atoms with Crippen molar-refractivity contribution in [3.63, 3.8) is 0 Å². The van der Waals surface area contributed by atoms with Crippen molar-refractivity contribution in [1.29, 1.82) is 0 Å². The number of tetrazole rings is 1. The van der Waals surface area contributed by atoms with Crippen LogP contribution in [0.2, 0.25) is 0 Å². The molecule has 2 aliphatic rings. The SMILES string of the molecule is CCCn1nnnc1CSc1nnc(-c2cccs2)n1C(C)C1CC2CCC1C2. The lowest BCUT2D eigenvalue weighted by molar-refractivity contribution is 0.235. The van der Waals surface area contributed by atoms with E-state index < -0.39 is 0 Å². The fourth-order valence-corrected chi connectivity index (χ4v) is 6.89. The topological polar surface area (TPSA) is 74.3 Å². The summed E-state index contributed by atoms with van der Waals surface area (Å²) in [5.41, 5.74) is 0. The number of aryl methyl sites for hydroxylation is 1. The van der Waals surface area contributed by atoms with Gasteiger partial charge in [0.2, 0.25) is 0 Å². The smallest absolute Gasteiger partial charge is 0.192 e. The normalized spacial score (nSPS) is 24.4. The minimum Gasteiger partial charge on any atom is -0.298 e. The molecule has 3 aromatic rings. The summed E-state index contributed by atoms with van der Waals surface area (Å²) in [7, 11) is 0. The fraction of sp³-hybridized carbons (Fsp3) is 0.650. The summed E-state index contributed by atoms with van der Waals surface area (Å²) < 4.78 is 4.29. The maximum atomic E-state index is 4.62. The van der Waals surface area contributed by atoms with Crippen molar-refractivity contribution in [2.75, 3.05) is 0 Å². The molecule has 29 heavy (non-hydrogen) atoms. The van der Waals surface area contributed by atoms with E-state index in [2.05, 4.69) is 61.7 Å². The molecule has 0 radical (unpaired) electrons. The van der Waals surface area contributed by atoms with Crippen LogP contribution in [0.25, 0.3) is 10.7 Å². The first-order valence-corrected chi connectivity index (χ1v) is 12.5. The molecule has 0 amide bonds. The van der Waals surface area contributed by atoms with Crippen LogP contribution in [0.5, 0.6) is 0 Å². The molecule has 2 saturated carbocycles. The van der Waals surface area contributed by atoms with Gasteiger partial charge >= 0.3 is 0 Å². The highest BCUT2D eigenvalue weighted by Crippen LogP contribution is 2.53. The number of thioether (sulfide) groups is 1. The van der Waals surface area contributed by atoms with E-state index in [1.807, 2.05) is 4.68 Å². The van der Waals surface area contributed by atoms with Gasteiger partial charge in [0.1, 0.15) is 0 Å². The molecule has 9 heteroatoms. The Morgan fingerprint density at radius 1 is 1.24 bits per heavy atom. The van der Waals surface area contributed by atoms with Crippen LogP contribution in [0.15, 0.2) is 22.7 Å². The second kappa shape index (κ2) is 8.18. The maximum absolute atomic E-state index is 4.62. The summed E-state index contributed by atoms with van der Waals surface area (Å²) >= 11 is 3.44. The minimum absolute atomic E-state index is 0.409. The molecule has 5 rings (SSSR count). The van der Waals surface area contributed by atoms with Crippen LogP contribution in [0, 0.1) is 17.8 Å². The first kappa shape index (κ1) is 19.2. The number of nitrogens with zero attached hydrogens (tertiary/aromatic N) is 7. The summed E-state index contributed by atoms with van der Waals surface area (Å²) in [6.07, 6.45) is 6.61. The van der Waals surface area contributed by atoms with Crippen molar-refractivity contribution in [2.24, 2.45) is 17.8 Å². The van der Waals surface area contributed by atoms with Crippen LogP contribution in [0.1, 0.15) is 57.8 Å². The highest BCUT2D eigenvalue weighted by Gasteiger charge is 2.43. The molecule has 2 bridgehead atoms. The molecule has 0 spiro atoms. The van der Waals surface area contributed by atoms with E-state index in [0.29, 0.717) is 11.8 Å². The third-order valence-electron chi connectivity index (χ3n) is 6.60. The third-order valence-corrected chi connectivity index (χ3v) is 8.40. The van der Waals surface area contributed by atoms with E-state index in [-0.39, 0.29) is 0 Å². The van der Waals surface area contributed by atoms with Gasteiger partial charge in [-0.2, -0.15) is 0 Å². The lowest BCUT2D eigenvalue weighted by atomic mass is 9.84. The Balaban J connectivity index is 1.43. The first-order valence-electron chi connectivity index (χ1n) is 10.6. The second-order valence-corrected chi connectivity index (χ2v) is 10.2. The van der Waals surface area contributed by atoms with E-state index in [0.717, 1.165) is 47.5 Å². The number of aromatic nitrogens is 7. The summed E-state index contributed by atoms with van der Waals surface area (Å²) in [5.74, 6) is 5.14. The zero-order chi connectivity index (χ0) is 19.8. The third kappa shape index (κ3) is 3.63. The van der Waals surface area contributed by atoms with Gasteiger partial charge in [-0.25, -0.2) is 4.68 Å². The molecule has 2 aliphatic carbocycles. The quantitative estimate of drug-likeness (QED) is 0.484. The molecule has 3 heterocycles. The van der Waals surface area contributed by atoms with E-state index in [1.54, 1.807) is 23.1 Å². The van der Waals surface area contributed by atoms with Gasteiger partial charge < -0.3 is 0 Å². The Morgan fingerprint density at radius 3 is 2.90 bits per heavy atom. The highest BCUT2D eigenvalue weighted by atomic mass is 32.2. The Morgan fingerprint density at radius 2 is 2.17 bits per heavy atom. The van der Waals surface area contributed by atoms with Crippen molar-refractivity contribution in [3.05, 3.63) is 23.3 Å². The number of hydrogen-bond donors (Lipinski definition) is 0. The molecule has 3 aromatic heterocycles. The first-order chi connectivity index (χ1) is 14.2. The molecule has 0 saturated heterocycles. The summed E-state index contributed by atoms with van der Waals surface area (Å²) in [5, 5.41) is 24.5. The summed E-state index contributed by atoms with van der Waals surface area (Å²) in [4.78, 5) is 1.19. The Hall–Kier alpha value is -1.74. The Bertz CT molecular complexity index is 948. The van der Waals surface area contributed by atoms with Gasteiger partial charge in [0.25, 0.3) is 0 Å². The van der Waals surface area contributed by atoms with Gasteiger partial charge in [-0.1, -0.05) is 31.2 Å². The Labute approximate surface area is 179 Å². The number of thiophene rings is 1.